The summed E-state index contributed by atoms with van der Waals surface area (Å²) < 4.78 is 1.53. The molecule has 3 rings (SSSR count). The lowest BCUT2D eigenvalue weighted by atomic mass is 9.78. The Morgan fingerprint density at radius 1 is 1.00 bits per heavy atom. The molecule has 0 unspecified atom stereocenters. The molecule has 0 saturated heterocycles. The summed E-state index contributed by atoms with van der Waals surface area (Å²) in [4.78, 5) is 0. The van der Waals surface area contributed by atoms with Crippen LogP contribution in [-0.4, -0.2) is 14.9 Å². The number of nitrogen functional groups attached to an aromatic ring is 1. The minimum atomic E-state index is -0.311. The van der Waals surface area contributed by atoms with Gasteiger partial charge in [0.25, 0.3) is 0 Å². The molecule has 0 saturated carbocycles. The molecule has 3 aromatic rings. The highest BCUT2D eigenvalue weighted by molar-refractivity contribution is 5.92. The van der Waals surface area contributed by atoms with Crippen molar-refractivity contribution in [1.82, 2.24) is 9.78 Å². The van der Waals surface area contributed by atoms with Crippen LogP contribution in [-0.2, 0) is 10.8 Å². The van der Waals surface area contributed by atoms with Crippen molar-refractivity contribution in [1.29, 1.82) is 10.5 Å². The maximum absolute atomic E-state index is 11.0. The zero-order chi connectivity index (χ0) is 24.6. The van der Waals surface area contributed by atoms with E-state index in [1.54, 1.807) is 6.08 Å². The topological polar surface area (TPSA) is 112 Å². The van der Waals surface area contributed by atoms with Crippen molar-refractivity contribution >= 4 is 17.5 Å². The molecule has 0 bridgehead atoms. The van der Waals surface area contributed by atoms with E-state index < -0.39 is 0 Å². The SMILES string of the molecule is CC(C)(C)c1cc(/C=C(\C#N)c2c(C#N)c(N)nn2-c2ccccc2)cc(C(C)(C)C)c1O. The number of anilines is 1. The molecule has 0 atom stereocenters. The zero-order valence-corrected chi connectivity index (χ0v) is 19.9. The number of phenolic OH excluding ortho intramolecular Hbond substituents is 1. The Morgan fingerprint density at radius 2 is 1.55 bits per heavy atom. The Bertz CT molecular complexity index is 1270. The molecule has 0 spiro atoms. The summed E-state index contributed by atoms with van der Waals surface area (Å²) in [6.45, 7) is 12.2. The second-order valence-electron chi connectivity index (χ2n) is 10.1. The van der Waals surface area contributed by atoms with Crippen molar-refractivity contribution in [3.63, 3.8) is 0 Å². The number of para-hydroxylation sites is 1. The summed E-state index contributed by atoms with van der Waals surface area (Å²) in [6.07, 6.45) is 1.72. The number of rotatable bonds is 3. The van der Waals surface area contributed by atoms with Crippen molar-refractivity contribution in [3.05, 3.63) is 70.4 Å². The van der Waals surface area contributed by atoms with E-state index in [1.165, 1.54) is 4.68 Å². The molecule has 1 aromatic heterocycles. The summed E-state index contributed by atoms with van der Waals surface area (Å²) in [7, 11) is 0. The molecule has 33 heavy (non-hydrogen) atoms. The van der Waals surface area contributed by atoms with Gasteiger partial charge in [0.1, 0.15) is 29.1 Å². The van der Waals surface area contributed by atoms with Crippen molar-refractivity contribution in [2.45, 2.75) is 52.4 Å². The molecule has 0 amide bonds. The molecule has 0 aliphatic rings. The first-order valence-electron chi connectivity index (χ1n) is 10.7. The first-order valence-corrected chi connectivity index (χ1v) is 10.7. The number of aromatic hydroxyl groups is 1. The van der Waals surface area contributed by atoms with Crippen LogP contribution in [0.3, 0.4) is 0 Å². The van der Waals surface area contributed by atoms with Crippen LogP contribution in [0.25, 0.3) is 17.3 Å². The highest BCUT2D eigenvalue weighted by atomic mass is 16.3. The Labute approximate surface area is 195 Å². The molecule has 2 aromatic carbocycles. The molecule has 168 valence electrons. The molecule has 1 heterocycles. The molecular weight excluding hydrogens is 410 g/mol. The van der Waals surface area contributed by atoms with Crippen molar-refractivity contribution < 1.29 is 5.11 Å². The summed E-state index contributed by atoms with van der Waals surface area (Å²) in [5, 5.41) is 35.2. The minimum absolute atomic E-state index is 0.0639. The van der Waals surface area contributed by atoms with E-state index in [0.29, 0.717) is 11.4 Å². The second kappa shape index (κ2) is 8.48. The lowest BCUT2D eigenvalue weighted by molar-refractivity contribution is 0.423. The van der Waals surface area contributed by atoms with E-state index in [2.05, 4.69) is 17.2 Å². The number of benzene rings is 2. The minimum Gasteiger partial charge on any atom is -0.507 e. The maximum Gasteiger partial charge on any atom is 0.164 e. The molecule has 0 fully saturated rings. The average Bonchev–Trinajstić information content (AvgIpc) is 3.07. The number of hydrogen-bond donors (Lipinski definition) is 2. The quantitative estimate of drug-likeness (QED) is 0.509. The summed E-state index contributed by atoms with van der Waals surface area (Å²) in [6, 6.07) is 17.3. The first-order chi connectivity index (χ1) is 15.4. The highest BCUT2D eigenvalue weighted by Crippen LogP contribution is 2.40. The van der Waals surface area contributed by atoms with E-state index in [-0.39, 0.29) is 33.5 Å². The van der Waals surface area contributed by atoms with Crippen LogP contribution >= 0.6 is 0 Å². The van der Waals surface area contributed by atoms with Gasteiger partial charge < -0.3 is 10.8 Å². The number of phenols is 1. The highest BCUT2D eigenvalue weighted by Gasteiger charge is 2.27. The smallest absolute Gasteiger partial charge is 0.164 e. The van der Waals surface area contributed by atoms with Crippen LogP contribution in [0.15, 0.2) is 42.5 Å². The fraction of sp³-hybridized carbons (Fsp3) is 0.296. The zero-order valence-electron chi connectivity index (χ0n) is 19.9. The third kappa shape index (κ3) is 4.61. The van der Waals surface area contributed by atoms with Gasteiger partial charge in [-0.3, -0.25) is 0 Å². The van der Waals surface area contributed by atoms with Crippen LogP contribution in [0.1, 0.15) is 69.5 Å². The second-order valence-corrected chi connectivity index (χ2v) is 10.1. The van der Waals surface area contributed by atoms with Crippen molar-refractivity contribution in [2.24, 2.45) is 0 Å². The van der Waals surface area contributed by atoms with Gasteiger partial charge in [0, 0.05) is 11.1 Å². The Balaban J connectivity index is 2.33. The molecule has 0 aliphatic carbocycles. The van der Waals surface area contributed by atoms with E-state index >= 15 is 0 Å². The van der Waals surface area contributed by atoms with Gasteiger partial charge in [-0.05, 0) is 46.7 Å². The predicted molar refractivity (Wildman–Crippen MR) is 132 cm³/mol. The van der Waals surface area contributed by atoms with E-state index in [9.17, 15) is 15.6 Å². The Hall–Kier alpha value is -4.03. The number of allylic oxidation sites excluding steroid dienone is 1. The van der Waals surface area contributed by atoms with Gasteiger partial charge in [-0.1, -0.05) is 59.7 Å². The summed E-state index contributed by atoms with van der Waals surface area (Å²) in [5.41, 5.74) is 9.18. The number of nitrogens with two attached hydrogens (primary N) is 1. The third-order valence-electron chi connectivity index (χ3n) is 5.46. The molecule has 3 N–H and O–H groups in total. The maximum atomic E-state index is 11.0. The number of nitrogens with zero attached hydrogens (tertiary/aromatic N) is 4. The number of hydrogen-bond acceptors (Lipinski definition) is 5. The van der Waals surface area contributed by atoms with Gasteiger partial charge in [-0.15, -0.1) is 5.10 Å². The van der Waals surface area contributed by atoms with Gasteiger partial charge in [-0.25, -0.2) is 4.68 Å². The molecular formula is C27H29N5O. The first kappa shape index (κ1) is 23.6. The Morgan fingerprint density at radius 3 is 2.00 bits per heavy atom. The van der Waals surface area contributed by atoms with Crippen LogP contribution in [0.4, 0.5) is 5.82 Å². The van der Waals surface area contributed by atoms with E-state index in [1.807, 2.05) is 84.0 Å². The van der Waals surface area contributed by atoms with Gasteiger partial charge in [0.2, 0.25) is 0 Å². The fourth-order valence-corrected chi connectivity index (χ4v) is 3.75. The van der Waals surface area contributed by atoms with Gasteiger partial charge in [-0.2, -0.15) is 10.5 Å². The molecule has 6 heteroatoms. The average molecular weight is 440 g/mol. The summed E-state index contributed by atoms with van der Waals surface area (Å²) in [5.74, 6) is 0.330. The van der Waals surface area contributed by atoms with Crippen molar-refractivity contribution in [2.75, 3.05) is 5.73 Å². The third-order valence-corrected chi connectivity index (χ3v) is 5.46. The monoisotopic (exact) mass is 439 g/mol. The van der Waals surface area contributed by atoms with Crippen LogP contribution in [0.5, 0.6) is 5.75 Å². The van der Waals surface area contributed by atoms with Crippen LogP contribution in [0, 0.1) is 22.7 Å². The molecule has 6 nitrogen and oxygen atoms in total. The summed E-state index contributed by atoms with van der Waals surface area (Å²) >= 11 is 0. The largest absolute Gasteiger partial charge is 0.507 e. The Kier molecular flexibility index (Phi) is 6.07. The number of aromatic nitrogens is 2. The molecule has 0 radical (unpaired) electrons. The van der Waals surface area contributed by atoms with E-state index in [0.717, 1.165) is 16.7 Å². The predicted octanol–water partition coefficient (Wildman–Crippen LogP) is 5.69. The van der Waals surface area contributed by atoms with Crippen LogP contribution < -0.4 is 5.73 Å². The number of nitriles is 2. The fourth-order valence-electron chi connectivity index (χ4n) is 3.75. The molecule has 0 aliphatic heterocycles. The normalized spacial score (nSPS) is 12.3. The van der Waals surface area contributed by atoms with Gasteiger partial charge >= 0.3 is 0 Å². The standard InChI is InChI=1S/C27H29N5O/c1-26(2,3)21-13-17(14-22(24(21)33)27(4,5)6)12-18(15-28)23-20(16-29)25(30)31-32(23)19-10-8-7-9-11-19/h7-14,33H,1-6H3,(H2,30,31)/b18-12+. The lowest BCUT2D eigenvalue weighted by Crippen LogP contribution is -2.17. The van der Waals surface area contributed by atoms with E-state index in [4.69, 9.17) is 5.73 Å². The van der Waals surface area contributed by atoms with Crippen molar-refractivity contribution in [3.8, 4) is 23.6 Å². The van der Waals surface area contributed by atoms with Gasteiger partial charge in [0.05, 0.1) is 11.3 Å². The van der Waals surface area contributed by atoms with Gasteiger partial charge in [0.15, 0.2) is 5.82 Å². The van der Waals surface area contributed by atoms with Crippen LogP contribution in [0.2, 0.25) is 0 Å². The lowest BCUT2D eigenvalue weighted by Gasteiger charge is -2.28.